The Morgan fingerprint density at radius 1 is 1.12 bits per heavy atom. The molecule has 7 heteroatoms. The van der Waals surface area contributed by atoms with E-state index < -0.39 is 18.0 Å². The first-order chi connectivity index (χ1) is 12.1. The van der Waals surface area contributed by atoms with E-state index in [1.807, 2.05) is 12.1 Å². The number of carbonyl (C=O) groups is 3. The van der Waals surface area contributed by atoms with Crippen LogP contribution in [0.1, 0.15) is 11.7 Å². The molecule has 1 aliphatic heterocycles. The van der Waals surface area contributed by atoms with E-state index in [4.69, 9.17) is 10.5 Å². The molecular formula is C18H16N2O4S. The molecule has 0 aromatic heterocycles. The predicted molar refractivity (Wildman–Crippen MR) is 94.0 cm³/mol. The van der Waals surface area contributed by atoms with Gasteiger partial charge in [0.15, 0.2) is 0 Å². The Balaban J connectivity index is 1.76. The molecule has 1 atom stereocenters. The highest BCUT2D eigenvalue weighted by Gasteiger charge is 2.29. The fraction of sp³-hybridized carbons (Fsp3) is 0.167. The number of thioether (sulfide) groups is 1. The summed E-state index contributed by atoms with van der Waals surface area (Å²) in [6.45, 7) is -0.271. The van der Waals surface area contributed by atoms with Crippen molar-refractivity contribution in [2.45, 2.75) is 11.0 Å². The molecule has 3 rings (SSSR count). The van der Waals surface area contributed by atoms with Gasteiger partial charge in [0.25, 0.3) is 5.91 Å². The predicted octanol–water partition coefficient (Wildman–Crippen LogP) is 1.90. The van der Waals surface area contributed by atoms with Crippen LogP contribution < -0.4 is 10.6 Å². The molecule has 0 spiro atoms. The first kappa shape index (κ1) is 17.0. The summed E-state index contributed by atoms with van der Waals surface area (Å²) in [7, 11) is 0. The van der Waals surface area contributed by atoms with E-state index in [1.165, 1.54) is 16.7 Å². The van der Waals surface area contributed by atoms with E-state index in [-0.39, 0.29) is 18.2 Å². The van der Waals surface area contributed by atoms with Gasteiger partial charge in [0, 0.05) is 10.5 Å². The molecular weight excluding hydrogens is 340 g/mol. The van der Waals surface area contributed by atoms with E-state index in [1.54, 1.807) is 42.5 Å². The molecule has 0 bridgehead atoms. The number of hydrogen-bond acceptors (Lipinski definition) is 5. The van der Waals surface area contributed by atoms with Crippen molar-refractivity contribution in [3.63, 3.8) is 0 Å². The number of nitrogens with zero attached hydrogens (tertiary/aromatic N) is 1. The first-order valence-corrected chi connectivity index (χ1v) is 8.61. The maximum absolute atomic E-state index is 12.3. The lowest BCUT2D eigenvalue weighted by Gasteiger charge is -2.28. The molecule has 25 heavy (non-hydrogen) atoms. The van der Waals surface area contributed by atoms with Gasteiger partial charge in [-0.25, -0.2) is 0 Å². The van der Waals surface area contributed by atoms with Crippen LogP contribution in [-0.2, 0) is 19.1 Å². The summed E-state index contributed by atoms with van der Waals surface area (Å²) < 4.78 is 5.25. The first-order valence-electron chi connectivity index (χ1n) is 7.62. The second-order valence-corrected chi connectivity index (χ2v) is 6.44. The fourth-order valence-electron chi connectivity index (χ4n) is 2.54. The standard InChI is InChI=1S/C18H16N2O4S/c19-18(23)17(12-6-2-1-3-7-12)24-16(22)10-20-13-8-4-5-9-14(13)25-11-15(20)21/h1-9,17H,10-11H2,(H2,19,23). The minimum atomic E-state index is -1.18. The monoisotopic (exact) mass is 356 g/mol. The Labute approximate surface area is 148 Å². The Hall–Kier alpha value is -2.80. The van der Waals surface area contributed by atoms with Crippen molar-refractivity contribution in [2.24, 2.45) is 5.73 Å². The Kier molecular flexibility index (Phi) is 5.04. The molecule has 1 heterocycles. The minimum Gasteiger partial charge on any atom is -0.446 e. The highest BCUT2D eigenvalue weighted by Crippen LogP contribution is 2.34. The molecule has 2 amide bonds. The molecule has 2 N–H and O–H groups in total. The van der Waals surface area contributed by atoms with Crippen LogP contribution in [0.3, 0.4) is 0 Å². The zero-order chi connectivity index (χ0) is 17.8. The lowest BCUT2D eigenvalue weighted by atomic mass is 10.1. The third kappa shape index (κ3) is 3.83. The van der Waals surface area contributed by atoms with Gasteiger partial charge in [-0.05, 0) is 12.1 Å². The summed E-state index contributed by atoms with van der Waals surface area (Å²) in [5.41, 5.74) is 6.51. The number of esters is 1. The molecule has 1 aliphatic rings. The van der Waals surface area contributed by atoms with Crippen LogP contribution in [0.25, 0.3) is 0 Å². The normalized spacial score (nSPS) is 14.6. The second kappa shape index (κ2) is 7.40. The molecule has 2 aromatic rings. The average Bonchev–Trinajstić information content (AvgIpc) is 2.62. The summed E-state index contributed by atoms with van der Waals surface area (Å²) >= 11 is 1.43. The van der Waals surface area contributed by atoms with E-state index in [0.29, 0.717) is 11.3 Å². The van der Waals surface area contributed by atoms with Crippen molar-refractivity contribution < 1.29 is 19.1 Å². The van der Waals surface area contributed by atoms with Gasteiger partial charge in [0.05, 0.1) is 11.4 Å². The van der Waals surface area contributed by atoms with Gasteiger partial charge >= 0.3 is 5.97 Å². The number of ether oxygens (including phenoxy) is 1. The van der Waals surface area contributed by atoms with Gasteiger partial charge < -0.3 is 10.5 Å². The van der Waals surface area contributed by atoms with Crippen LogP contribution in [0.5, 0.6) is 0 Å². The summed E-state index contributed by atoms with van der Waals surface area (Å²) in [5, 5.41) is 0. The van der Waals surface area contributed by atoms with Crippen LogP contribution in [-0.4, -0.2) is 30.1 Å². The topological polar surface area (TPSA) is 89.7 Å². The summed E-state index contributed by atoms with van der Waals surface area (Å²) in [6, 6.07) is 15.9. The largest absolute Gasteiger partial charge is 0.446 e. The third-order valence-electron chi connectivity index (χ3n) is 3.71. The smallest absolute Gasteiger partial charge is 0.327 e. The molecule has 128 valence electrons. The maximum Gasteiger partial charge on any atom is 0.327 e. The second-order valence-electron chi connectivity index (χ2n) is 5.42. The quantitative estimate of drug-likeness (QED) is 0.827. The van der Waals surface area contributed by atoms with Crippen molar-refractivity contribution in [2.75, 3.05) is 17.2 Å². The molecule has 1 unspecified atom stereocenters. The number of rotatable bonds is 5. The number of carbonyl (C=O) groups excluding carboxylic acids is 3. The van der Waals surface area contributed by atoms with E-state index >= 15 is 0 Å². The SMILES string of the molecule is NC(=O)C(OC(=O)CN1C(=O)CSc2ccccc21)c1ccccc1. The van der Waals surface area contributed by atoms with E-state index in [2.05, 4.69) is 0 Å². The number of fused-ring (bicyclic) bond motifs is 1. The van der Waals surface area contributed by atoms with Crippen LogP contribution in [0.2, 0.25) is 0 Å². The van der Waals surface area contributed by atoms with Crippen molar-refractivity contribution in [1.29, 1.82) is 0 Å². The number of nitrogens with two attached hydrogens (primary N) is 1. The van der Waals surface area contributed by atoms with Gasteiger partial charge in [-0.3, -0.25) is 19.3 Å². The van der Waals surface area contributed by atoms with E-state index in [0.717, 1.165) is 4.90 Å². The summed E-state index contributed by atoms with van der Waals surface area (Å²) in [6.07, 6.45) is -1.18. The summed E-state index contributed by atoms with van der Waals surface area (Å²) in [5.74, 6) is -1.39. The Bertz CT molecular complexity index is 810. The lowest BCUT2D eigenvalue weighted by Crippen LogP contribution is -2.40. The molecule has 0 saturated heterocycles. The number of amides is 2. The van der Waals surface area contributed by atoms with Gasteiger partial charge in [0.2, 0.25) is 12.0 Å². The Morgan fingerprint density at radius 3 is 2.52 bits per heavy atom. The molecule has 0 aliphatic carbocycles. The van der Waals surface area contributed by atoms with Crippen molar-refractivity contribution in [1.82, 2.24) is 0 Å². The van der Waals surface area contributed by atoms with Gasteiger partial charge in [-0.2, -0.15) is 0 Å². The zero-order valence-corrected chi connectivity index (χ0v) is 14.1. The highest BCUT2D eigenvalue weighted by molar-refractivity contribution is 8.00. The van der Waals surface area contributed by atoms with Crippen molar-refractivity contribution in [3.05, 3.63) is 60.2 Å². The summed E-state index contributed by atoms with van der Waals surface area (Å²) in [4.78, 5) is 38.5. The minimum absolute atomic E-state index is 0.184. The van der Waals surface area contributed by atoms with Crippen LogP contribution in [0, 0.1) is 0 Å². The Morgan fingerprint density at radius 2 is 1.80 bits per heavy atom. The number of benzene rings is 2. The van der Waals surface area contributed by atoms with Gasteiger partial charge in [0.1, 0.15) is 6.54 Å². The molecule has 6 nitrogen and oxygen atoms in total. The maximum atomic E-state index is 12.3. The van der Waals surface area contributed by atoms with Crippen LogP contribution in [0.15, 0.2) is 59.5 Å². The van der Waals surface area contributed by atoms with Gasteiger partial charge in [-0.15, -0.1) is 11.8 Å². The number of primary amides is 1. The van der Waals surface area contributed by atoms with Gasteiger partial charge in [-0.1, -0.05) is 42.5 Å². The third-order valence-corrected chi connectivity index (χ3v) is 4.75. The lowest BCUT2D eigenvalue weighted by molar-refractivity contribution is -0.154. The van der Waals surface area contributed by atoms with Crippen LogP contribution in [0.4, 0.5) is 5.69 Å². The number of para-hydroxylation sites is 1. The average molecular weight is 356 g/mol. The number of hydrogen-bond donors (Lipinski definition) is 1. The molecule has 2 aromatic carbocycles. The van der Waals surface area contributed by atoms with Crippen molar-refractivity contribution in [3.8, 4) is 0 Å². The highest BCUT2D eigenvalue weighted by atomic mass is 32.2. The molecule has 0 fully saturated rings. The fourth-order valence-corrected chi connectivity index (χ4v) is 3.48. The zero-order valence-electron chi connectivity index (χ0n) is 13.3. The molecule has 0 radical (unpaired) electrons. The van der Waals surface area contributed by atoms with Crippen molar-refractivity contribution >= 4 is 35.2 Å². The molecule has 0 saturated carbocycles. The number of anilines is 1. The van der Waals surface area contributed by atoms with Crippen LogP contribution >= 0.6 is 11.8 Å². The van der Waals surface area contributed by atoms with E-state index in [9.17, 15) is 14.4 Å².